The highest BCUT2D eigenvalue weighted by Crippen LogP contribution is 2.26. The zero-order chi connectivity index (χ0) is 19.2. The number of pyridine rings is 1. The first-order valence-electron chi connectivity index (χ1n) is 8.80. The van der Waals surface area contributed by atoms with Crippen LogP contribution in [0.5, 0.6) is 0 Å². The molecule has 2 N–H and O–H groups in total. The predicted molar refractivity (Wildman–Crippen MR) is 108 cm³/mol. The maximum Gasteiger partial charge on any atom is 0.315 e. The number of hydrogen-bond donors (Lipinski definition) is 2. The summed E-state index contributed by atoms with van der Waals surface area (Å²) in [4.78, 5) is 19.0. The van der Waals surface area contributed by atoms with Gasteiger partial charge >= 0.3 is 6.03 Å². The molecule has 1 aliphatic heterocycles. The van der Waals surface area contributed by atoms with Crippen LogP contribution < -0.4 is 15.5 Å². The van der Waals surface area contributed by atoms with Crippen LogP contribution in [0, 0.1) is 0 Å². The van der Waals surface area contributed by atoms with Gasteiger partial charge in [0, 0.05) is 41.4 Å². The van der Waals surface area contributed by atoms with Gasteiger partial charge in [-0.05, 0) is 30.7 Å². The molecule has 2 amide bonds. The Morgan fingerprint density at radius 2 is 2.07 bits per heavy atom. The number of urea groups is 1. The summed E-state index contributed by atoms with van der Waals surface area (Å²) in [6.07, 6.45) is 1.76. The number of ether oxygens (including phenoxy) is 1. The lowest BCUT2D eigenvalue weighted by Gasteiger charge is -2.29. The number of aromatic nitrogens is 1. The second kappa shape index (κ2) is 9.26. The van der Waals surface area contributed by atoms with Gasteiger partial charge in [0.05, 0.1) is 19.3 Å². The van der Waals surface area contributed by atoms with Gasteiger partial charge in [-0.25, -0.2) is 9.78 Å². The van der Waals surface area contributed by atoms with Crippen molar-refractivity contribution in [2.75, 3.05) is 31.2 Å². The predicted octanol–water partition coefficient (Wildman–Crippen LogP) is 3.79. The quantitative estimate of drug-likeness (QED) is 0.789. The molecule has 6 nitrogen and oxygen atoms in total. The molecular weight excluding hydrogens is 387 g/mol. The number of carbonyl (C=O) groups is 1. The van der Waals surface area contributed by atoms with Gasteiger partial charge in [-0.15, -0.1) is 0 Å². The Balaban J connectivity index is 1.59. The summed E-state index contributed by atoms with van der Waals surface area (Å²) in [6, 6.07) is 8.55. The molecule has 1 aliphatic rings. The van der Waals surface area contributed by atoms with Crippen molar-refractivity contribution in [2.24, 2.45) is 0 Å². The second-order valence-electron chi connectivity index (χ2n) is 6.30. The lowest BCUT2D eigenvalue weighted by atomic mass is 10.1. The van der Waals surface area contributed by atoms with Crippen LogP contribution in [-0.2, 0) is 11.3 Å². The Labute approximate surface area is 168 Å². The molecular formula is C19H22Cl2N4O2. The lowest BCUT2D eigenvalue weighted by Crippen LogP contribution is -2.39. The van der Waals surface area contributed by atoms with Crippen molar-refractivity contribution in [1.29, 1.82) is 0 Å². The number of nitrogens with zero attached hydrogens (tertiary/aromatic N) is 2. The number of benzene rings is 1. The third-order valence-corrected chi connectivity index (χ3v) is 4.96. The lowest BCUT2D eigenvalue weighted by molar-refractivity contribution is 0.122. The Morgan fingerprint density at radius 1 is 1.30 bits per heavy atom. The summed E-state index contributed by atoms with van der Waals surface area (Å²) < 4.78 is 5.39. The minimum absolute atomic E-state index is 0.248. The Morgan fingerprint density at radius 3 is 2.81 bits per heavy atom. The Bertz CT molecular complexity index is 797. The molecule has 144 valence electrons. The first-order chi connectivity index (χ1) is 13.0. The zero-order valence-electron chi connectivity index (χ0n) is 15.0. The van der Waals surface area contributed by atoms with E-state index in [1.165, 1.54) is 0 Å². The van der Waals surface area contributed by atoms with Crippen LogP contribution in [0.25, 0.3) is 0 Å². The summed E-state index contributed by atoms with van der Waals surface area (Å²) in [6.45, 7) is 5.21. The van der Waals surface area contributed by atoms with E-state index >= 15 is 0 Å². The summed E-state index contributed by atoms with van der Waals surface area (Å²) in [5.41, 5.74) is 1.78. The van der Waals surface area contributed by atoms with Crippen molar-refractivity contribution >= 4 is 35.1 Å². The van der Waals surface area contributed by atoms with E-state index in [0.29, 0.717) is 29.8 Å². The number of rotatable bonds is 5. The van der Waals surface area contributed by atoms with Crippen molar-refractivity contribution in [2.45, 2.75) is 19.5 Å². The minimum atomic E-state index is -0.273. The maximum atomic E-state index is 12.3. The summed E-state index contributed by atoms with van der Waals surface area (Å²) >= 11 is 12.1. The highest BCUT2D eigenvalue weighted by atomic mass is 35.5. The molecule has 1 aromatic heterocycles. The SMILES string of the molecule is C[C@@H](NC(=O)NCc1cccnc1N1CCOCC1)c1ccc(Cl)cc1Cl. The standard InChI is InChI=1S/C19H22Cl2N4O2/c1-13(16-5-4-15(20)11-17(16)21)24-19(26)23-12-14-3-2-6-22-18(14)25-7-9-27-10-8-25/h2-6,11,13H,7-10,12H2,1H3,(H2,23,24,26)/t13-/m1/s1. The number of amides is 2. The smallest absolute Gasteiger partial charge is 0.315 e. The number of carbonyl (C=O) groups excluding carboxylic acids is 1. The van der Waals surface area contributed by atoms with Gasteiger partial charge in [0.25, 0.3) is 0 Å². The summed E-state index contributed by atoms with van der Waals surface area (Å²) in [5, 5.41) is 6.87. The second-order valence-corrected chi connectivity index (χ2v) is 7.14. The first-order valence-corrected chi connectivity index (χ1v) is 9.56. The molecule has 1 aromatic carbocycles. The molecule has 0 unspecified atom stereocenters. The molecule has 3 rings (SSSR count). The van der Waals surface area contributed by atoms with Gasteiger partial charge in [-0.3, -0.25) is 0 Å². The summed E-state index contributed by atoms with van der Waals surface area (Å²) in [5.74, 6) is 0.884. The van der Waals surface area contributed by atoms with Crippen LogP contribution in [0.4, 0.5) is 10.6 Å². The van der Waals surface area contributed by atoms with Crippen LogP contribution in [0.3, 0.4) is 0 Å². The molecule has 0 aliphatic carbocycles. The van der Waals surface area contributed by atoms with E-state index in [4.69, 9.17) is 27.9 Å². The molecule has 1 fully saturated rings. The number of halogens is 2. The Hall–Kier alpha value is -2.02. The number of nitrogens with one attached hydrogen (secondary N) is 2. The molecule has 0 spiro atoms. The zero-order valence-corrected chi connectivity index (χ0v) is 16.6. The topological polar surface area (TPSA) is 66.5 Å². The van der Waals surface area contributed by atoms with Crippen molar-refractivity contribution in [1.82, 2.24) is 15.6 Å². The van der Waals surface area contributed by atoms with Crippen molar-refractivity contribution < 1.29 is 9.53 Å². The third-order valence-electron chi connectivity index (χ3n) is 4.39. The third kappa shape index (κ3) is 5.25. The van der Waals surface area contributed by atoms with Gasteiger partial charge in [0.15, 0.2) is 0 Å². The van der Waals surface area contributed by atoms with Crippen molar-refractivity contribution in [3.63, 3.8) is 0 Å². The molecule has 1 atom stereocenters. The minimum Gasteiger partial charge on any atom is -0.378 e. The van der Waals surface area contributed by atoms with Crippen LogP contribution in [0.1, 0.15) is 24.1 Å². The highest BCUT2D eigenvalue weighted by molar-refractivity contribution is 6.35. The van der Waals surface area contributed by atoms with Crippen LogP contribution in [0.15, 0.2) is 36.5 Å². The maximum absolute atomic E-state index is 12.3. The highest BCUT2D eigenvalue weighted by Gasteiger charge is 2.17. The molecule has 0 radical (unpaired) electrons. The molecule has 2 aromatic rings. The van der Waals surface area contributed by atoms with E-state index in [9.17, 15) is 4.79 Å². The van der Waals surface area contributed by atoms with Gasteiger partial charge in [-0.1, -0.05) is 35.3 Å². The molecule has 8 heteroatoms. The normalized spacial score (nSPS) is 15.3. The Kier molecular flexibility index (Phi) is 6.77. The van der Waals surface area contributed by atoms with E-state index in [-0.39, 0.29) is 12.1 Å². The molecule has 0 bridgehead atoms. The van der Waals surface area contributed by atoms with Crippen LogP contribution in [0.2, 0.25) is 10.0 Å². The average molecular weight is 409 g/mol. The largest absolute Gasteiger partial charge is 0.378 e. The molecule has 27 heavy (non-hydrogen) atoms. The summed E-state index contributed by atoms with van der Waals surface area (Å²) in [7, 11) is 0. The fraction of sp³-hybridized carbons (Fsp3) is 0.368. The average Bonchev–Trinajstić information content (AvgIpc) is 2.67. The van der Waals surface area contributed by atoms with E-state index in [1.54, 1.807) is 18.3 Å². The molecule has 1 saturated heterocycles. The molecule has 0 saturated carbocycles. The van der Waals surface area contributed by atoms with Crippen LogP contribution >= 0.6 is 23.2 Å². The fourth-order valence-electron chi connectivity index (χ4n) is 2.98. The van der Waals surface area contributed by atoms with Crippen molar-refractivity contribution in [3.8, 4) is 0 Å². The van der Waals surface area contributed by atoms with E-state index in [2.05, 4.69) is 20.5 Å². The number of morpholine rings is 1. The van der Waals surface area contributed by atoms with Crippen LogP contribution in [-0.4, -0.2) is 37.3 Å². The number of anilines is 1. The van der Waals surface area contributed by atoms with Gasteiger partial charge < -0.3 is 20.3 Å². The van der Waals surface area contributed by atoms with E-state index < -0.39 is 0 Å². The van der Waals surface area contributed by atoms with Gasteiger partial charge in [0.1, 0.15) is 5.82 Å². The van der Waals surface area contributed by atoms with E-state index in [0.717, 1.165) is 30.0 Å². The van der Waals surface area contributed by atoms with Gasteiger partial charge in [0.2, 0.25) is 0 Å². The van der Waals surface area contributed by atoms with Gasteiger partial charge in [-0.2, -0.15) is 0 Å². The first kappa shape index (κ1) is 19.7. The van der Waals surface area contributed by atoms with Crippen molar-refractivity contribution in [3.05, 3.63) is 57.7 Å². The fourth-order valence-corrected chi connectivity index (χ4v) is 3.55. The monoisotopic (exact) mass is 408 g/mol. The van der Waals surface area contributed by atoms with E-state index in [1.807, 2.05) is 25.1 Å². The number of hydrogen-bond acceptors (Lipinski definition) is 4. The molecule has 2 heterocycles.